The van der Waals surface area contributed by atoms with Gasteiger partial charge in [0.2, 0.25) is 11.7 Å². The van der Waals surface area contributed by atoms with Crippen molar-refractivity contribution in [1.82, 2.24) is 30.0 Å². The van der Waals surface area contributed by atoms with Crippen LogP contribution in [-0.2, 0) is 0 Å². The molecule has 0 unspecified atom stereocenters. The van der Waals surface area contributed by atoms with Gasteiger partial charge in [0.25, 0.3) is 5.91 Å². The molecule has 1 saturated heterocycles. The van der Waals surface area contributed by atoms with E-state index in [0.29, 0.717) is 24.0 Å². The molecule has 0 aliphatic carbocycles. The fraction of sp³-hybridized carbons (Fsp3) is 0.182. The van der Waals surface area contributed by atoms with Crippen LogP contribution in [0.15, 0.2) is 65.8 Å². The van der Waals surface area contributed by atoms with Crippen molar-refractivity contribution in [2.45, 2.75) is 11.8 Å². The molecule has 32 heavy (non-hydrogen) atoms. The van der Waals surface area contributed by atoms with E-state index in [2.05, 4.69) is 25.1 Å². The van der Waals surface area contributed by atoms with Crippen molar-refractivity contribution in [3.05, 3.63) is 90.0 Å². The van der Waals surface area contributed by atoms with Gasteiger partial charge in [-0.2, -0.15) is 4.98 Å². The van der Waals surface area contributed by atoms with E-state index in [1.165, 1.54) is 18.5 Å². The Morgan fingerprint density at radius 1 is 1.00 bits per heavy atom. The van der Waals surface area contributed by atoms with Crippen molar-refractivity contribution in [2.75, 3.05) is 13.1 Å². The van der Waals surface area contributed by atoms with E-state index >= 15 is 0 Å². The molecule has 1 aliphatic heterocycles. The summed E-state index contributed by atoms with van der Waals surface area (Å²) in [5.41, 5.74) is 1.44. The van der Waals surface area contributed by atoms with Gasteiger partial charge in [-0.05, 0) is 29.8 Å². The van der Waals surface area contributed by atoms with E-state index in [1.54, 1.807) is 23.5 Å². The first kappa shape index (κ1) is 19.9. The molecule has 1 aliphatic rings. The SMILES string of the molecule is O=C(c1ccc(F)c(F)c1)N1C[C@@H](c2cccnc2)[C@H](c2nc(-c3cnccn3)no2)C1. The molecular weight excluding hydrogens is 418 g/mol. The smallest absolute Gasteiger partial charge is 0.254 e. The second-order valence-electron chi connectivity index (χ2n) is 7.39. The third kappa shape index (κ3) is 3.70. The topological polar surface area (TPSA) is 97.9 Å². The van der Waals surface area contributed by atoms with Crippen LogP contribution in [-0.4, -0.2) is 49.0 Å². The van der Waals surface area contributed by atoms with Gasteiger partial charge in [0.15, 0.2) is 11.6 Å². The maximum absolute atomic E-state index is 13.7. The van der Waals surface area contributed by atoms with Crippen molar-refractivity contribution in [2.24, 2.45) is 0 Å². The van der Waals surface area contributed by atoms with E-state index in [-0.39, 0.29) is 23.9 Å². The fourth-order valence-electron chi connectivity index (χ4n) is 3.87. The molecule has 0 radical (unpaired) electrons. The molecule has 8 nitrogen and oxygen atoms in total. The Balaban J connectivity index is 1.47. The Morgan fingerprint density at radius 3 is 2.59 bits per heavy atom. The van der Waals surface area contributed by atoms with E-state index in [4.69, 9.17) is 4.52 Å². The number of carbonyl (C=O) groups excluding carboxylic acids is 1. The zero-order chi connectivity index (χ0) is 22.1. The number of pyridine rings is 1. The van der Waals surface area contributed by atoms with Gasteiger partial charge in [0.05, 0.1) is 12.1 Å². The summed E-state index contributed by atoms with van der Waals surface area (Å²) in [6.45, 7) is 0.594. The minimum atomic E-state index is -1.07. The number of halogens is 2. The molecule has 0 saturated carbocycles. The Labute approximate surface area is 181 Å². The number of benzene rings is 1. The maximum atomic E-state index is 13.7. The first-order chi connectivity index (χ1) is 15.6. The highest BCUT2D eigenvalue weighted by Gasteiger charge is 2.41. The standard InChI is InChI=1S/C22H16F2N6O2/c23-17-4-3-13(8-18(17)24)22(31)30-11-15(14-2-1-5-25-9-14)16(12-30)21-28-20(29-32-21)19-10-26-6-7-27-19/h1-10,15-16H,11-12H2/t15-,16+/m0/s1. The highest BCUT2D eigenvalue weighted by atomic mass is 19.2. The van der Waals surface area contributed by atoms with Gasteiger partial charge in [0, 0.05) is 49.4 Å². The molecule has 0 N–H and O–H groups in total. The summed E-state index contributed by atoms with van der Waals surface area (Å²) >= 11 is 0. The number of hydrogen-bond donors (Lipinski definition) is 0. The summed E-state index contributed by atoms with van der Waals surface area (Å²) in [5, 5.41) is 4.01. The first-order valence-electron chi connectivity index (χ1n) is 9.84. The maximum Gasteiger partial charge on any atom is 0.254 e. The normalized spacial score (nSPS) is 18.1. The lowest BCUT2D eigenvalue weighted by molar-refractivity contribution is 0.0787. The average molecular weight is 434 g/mol. The van der Waals surface area contributed by atoms with Crippen molar-refractivity contribution >= 4 is 5.91 Å². The molecule has 160 valence electrons. The highest BCUT2D eigenvalue weighted by Crippen LogP contribution is 2.39. The predicted octanol–water partition coefficient (Wildman–Crippen LogP) is 3.22. The minimum Gasteiger partial charge on any atom is -0.339 e. The highest BCUT2D eigenvalue weighted by molar-refractivity contribution is 5.94. The number of amides is 1. The summed E-state index contributed by atoms with van der Waals surface area (Å²) in [6.07, 6.45) is 7.99. The molecule has 0 bridgehead atoms. The average Bonchev–Trinajstić information content (AvgIpc) is 3.49. The van der Waals surface area contributed by atoms with E-state index in [9.17, 15) is 13.6 Å². The van der Waals surface area contributed by atoms with Crippen LogP contribution in [0.2, 0.25) is 0 Å². The molecule has 0 spiro atoms. The third-order valence-electron chi connectivity index (χ3n) is 5.44. The first-order valence-corrected chi connectivity index (χ1v) is 9.84. The van der Waals surface area contributed by atoms with Gasteiger partial charge in [0.1, 0.15) is 5.69 Å². The van der Waals surface area contributed by atoms with Crippen LogP contribution in [0.5, 0.6) is 0 Å². The molecule has 2 atom stereocenters. The molecule has 1 fully saturated rings. The van der Waals surface area contributed by atoms with Crippen molar-refractivity contribution < 1.29 is 18.1 Å². The Kier molecular flexibility index (Phi) is 5.10. The molecule has 1 aromatic carbocycles. The van der Waals surface area contributed by atoms with Crippen molar-refractivity contribution in [1.29, 1.82) is 0 Å². The molecule has 4 heterocycles. The van der Waals surface area contributed by atoms with Gasteiger partial charge < -0.3 is 9.42 Å². The molecule has 1 amide bonds. The number of nitrogens with zero attached hydrogens (tertiary/aromatic N) is 6. The van der Waals surface area contributed by atoms with E-state index in [1.807, 2.05) is 12.1 Å². The summed E-state index contributed by atoms with van der Waals surface area (Å²) in [6, 6.07) is 6.84. The lowest BCUT2D eigenvalue weighted by Crippen LogP contribution is -2.29. The summed E-state index contributed by atoms with van der Waals surface area (Å²) in [7, 11) is 0. The number of hydrogen-bond acceptors (Lipinski definition) is 7. The predicted molar refractivity (Wildman–Crippen MR) is 107 cm³/mol. The monoisotopic (exact) mass is 434 g/mol. The lowest BCUT2D eigenvalue weighted by Gasteiger charge is -2.16. The van der Waals surface area contributed by atoms with Gasteiger partial charge in [-0.3, -0.25) is 14.8 Å². The summed E-state index contributed by atoms with van der Waals surface area (Å²) in [4.78, 5) is 31.4. The second kappa shape index (κ2) is 8.22. The zero-order valence-electron chi connectivity index (χ0n) is 16.6. The van der Waals surface area contributed by atoms with Crippen LogP contribution in [0.25, 0.3) is 11.5 Å². The lowest BCUT2D eigenvalue weighted by atomic mass is 9.90. The van der Waals surface area contributed by atoms with Crippen LogP contribution in [0.3, 0.4) is 0 Å². The van der Waals surface area contributed by atoms with E-state index in [0.717, 1.165) is 17.7 Å². The van der Waals surface area contributed by atoms with Crippen LogP contribution >= 0.6 is 0 Å². The second-order valence-corrected chi connectivity index (χ2v) is 7.39. The molecule has 10 heteroatoms. The van der Waals surface area contributed by atoms with Crippen molar-refractivity contribution in [3.63, 3.8) is 0 Å². The van der Waals surface area contributed by atoms with Crippen LogP contribution < -0.4 is 0 Å². The number of aromatic nitrogens is 5. The molecular formula is C22H16F2N6O2. The minimum absolute atomic E-state index is 0.0697. The van der Waals surface area contributed by atoms with Gasteiger partial charge in [-0.15, -0.1) is 0 Å². The number of carbonyl (C=O) groups is 1. The van der Waals surface area contributed by atoms with Crippen LogP contribution in [0.4, 0.5) is 8.78 Å². The van der Waals surface area contributed by atoms with Gasteiger partial charge in [-0.1, -0.05) is 11.2 Å². The summed E-state index contributed by atoms with van der Waals surface area (Å²) in [5.74, 6) is -2.32. The summed E-state index contributed by atoms with van der Waals surface area (Å²) < 4.78 is 32.5. The Morgan fingerprint density at radius 2 is 1.84 bits per heavy atom. The third-order valence-corrected chi connectivity index (χ3v) is 5.44. The number of likely N-dealkylation sites (tertiary alicyclic amines) is 1. The largest absolute Gasteiger partial charge is 0.339 e. The Bertz CT molecular complexity index is 1250. The van der Waals surface area contributed by atoms with E-state index < -0.39 is 17.5 Å². The number of rotatable bonds is 4. The van der Waals surface area contributed by atoms with Crippen LogP contribution in [0.1, 0.15) is 33.6 Å². The molecule has 3 aromatic heterocycles. The molecule has 5 rings (SSSR count). The Hall–Kier alpha value is -4.08. The van der Waals surface area contributed by atoms with Gasteiger partial charge >= 0.3 is 0 Å². The fourth-order valence-corrected chi connectivity index (χ4v) is 3.87. The zero-order valence-corrected chi connectivity index (χ0v) is 16.6. The quantitative estimate of drug-likeness (QED) is 0.486. The van der Waals surface area contributed by atoms with Crippen molar-refractivity contribution in [3.8, 4) is 11.5 Å². The van der Waals surface area contributed by atoms with Gasteiger partial charge in [-0.25, -0.2) is 13.8 Å². The van der Waals surface area contributed by atoms with Crippen LogP contribution in [0, 0.1) is 11.6 Å². The molecule has 4 aromatic rings.